The molecular formula is C25H27N3O8S2. The number of carbonyl (C=O) groups is 1. The first-order valence-electron chi connectivity index (χ1n) is 11.4. The van der Waals surface area contributed by atoms with Crippen LogP contribution in [-0.4, -0.2) is 50.6 Å². The molecule has 0 unspecified atom stereocenters. The summed E-state index contributed by atoms with van der Waals surface area (Å²) >= 11 is 0. The number of amides is 1. The van der Waals surface area contributed by atoms with Gasteiger partial charge in [-0.05, 0) is 61.0 Å². The average Bonchev–Trinajstić information content (AvgIpc) is 3.33. The number of hydrogen-bond donors (Lipinski definition) is 2. The van der Waals surface area contributed by atoms with Gasteiger partial charge in [0, 0.05) is 24.7 Å². The van der Waals surface area contributed by atoms with Gasteiger partial charge in [0.05, 0.1) is 42.5 Å². The first-order chi connectivity index (χ1) is 18.1. The van der Waals surface area contributed by atoms with E-state index in [0.717, 1.165) is 0 Å². The number of ether oxygens (including phenoxy) is 3. The van der Waals surface area contributed by atoms with Crippen LogP contribution in [0.1, 0.15) is 12.8 Å². The Labute approximate surface area is 221 Å². The van der Waals surface area contributed by atoms with E-state index < -0.39 is 20.0 Å². The van der Waals surface area contributed by atoms with Crippen molar-refractivity contribution in [2.75, 3.05) is 42.2 Å². The molecule has 0 aromatic heterocycles. The summed E-state index contributed by atoms with van der Waals surface area (Å²) in [5.41, 5.74) is 0.708. The van der Waals surface area contributed by atoms with Crippen LogP contribution in [0.15, 0.2) is 70.5 Å². The van der Waals surface area contributed by atoms with Crippen LogP contribution in [0, 0.1) is 0 Å². The van der Waals surface area contributed by atoms with E-state index in [2.05, 4.69) is 9.44 Å². The lowest BCUT2D eigenvalue weighted by Gasteiger charge is -2.20. The number of benzene rings is 3. The van der Waals surface area contributed by atoms with Gasteiger partial charge in [-0.3, -0.25) is 14.2 Å². The smallest absolute Gasteiger partial charge is 0.262 e. The fourth-order valence-corrected chi connectivity index (χ4v) is 6.10. The number of hydrogen-bond acceptors (Lipinski definition) is 8. The average molecular weight is 562 g/mol. The van der Waals surface area contributed by atoms with Gasteiger partial charge in [-0.2, -0.15) is 0 Å². The van der Waals surface area contributed by atoms with Crippen molar-refractivity contribution in [2.45, 2.75) is 22.6 Å². The Kier molecular flexibility index (Phi) is 7.69. The summed E-state index contributed by atoms with van der Waals surface area (Å²) in [5.74, 6) is 1.01. The van der Waals surface area contributed by atoms with Gasteiger partial charge >= 0.3 is 0 Å². The predicted molar refractivity (Wildman–Crippen MR) is 142 cm³/mol. The molecule has 1 saturated heterocycles. The lowest BCUT2D eigenvalue weighted by molar-refractivity contribution is -0.117. The number of methoxy groups -OCH3 is 3. The molecule has 0 bridgehead atoms. The van der Waals surface area contributed by atoms with E-state index in [1.807, 2.05) is 0 Å². The highest BCUT2D eigenvalue weighted by Crippen LogP contribution is 2.34. The Balaban J connectivity index is 1.55. The van der Waals surface area contributed by atoms with Crippen LogP contribution in [0.2, 0.25) is 0 Å². The van der Waals surface area contributed by atoms with E-state index in [1.165, 1.54) is 74.8 Å². The number of nitrogens with zero attached hydrogens (tertiary/aromatic N) is 1. The molecule has 202 valence electrons. The maximum Gasteiger partial charge on any atom is 0.262 e. The molecule has 1 heterocycles. The lowest BCUT2D eigenvalue weighted by Crippen LogP contribution is -2.25. The van der Waals surface area contributed by atoms with E-state index in [9.17, 15) is 21.6 Å². The Morgan fingerprint density at radius 2 is 1.37 bits per heavy atom. The quantitative estimate of drug-likeness (QED) is 0.384. The number of rotatable bonds is 10. The molecule has 3 aromatic rings. The summed E-state index contributed by atoms with van der Waals surface area (Å²) in [6, 6.07) is 14.1. The molecule has 38 heavy (non-hydrogen) atoms. The standard InChI is InChI=1S/C25H27N3O8S2/c1-34-18-8-12-23(35-2)21(15-18)27-37(30,31)19-9-6-17(7-10-19)26-38(32,33)20-11-13-24(36-3)22(16-20)28-14-4-5-25(28)29/h6-13,15-16,26-27H,4-5,14H2,1-3H3. The van der Waals surface area contributed by atoms with Gasteiger partial charge in [-0.1, -0.05) is 0 Å². The van der Waals surface area contributed by atoms with Crippen LogP contribution in [0.25, 0.3) is 0 Å². The van der Waals surface area contributed by atoms with Crippen molar-refractivity contribution in [1.29, 1.82) is 0 Å². The van der Waals surface area contributed by atoms with Crippen molar-refractivity contribution < 1.29 is 35.8 Å². The van der Waals surface area contributed by atoms with Crippen molar-refractivity contribution >= 4 is 43.0 Å². The molecule has 0 aliphatic carbocycles. The first-order valence-corrected chi connectivity index (χ1v) is 14.4. The first kappa shape index (κ1) is 27.1. The molecule has 0 spiro atoms. The maximum atomic E-state index is 13.1. The van der Waals surface area contributed by atoms with E-state index in [4.69, 9.17) is 14.2 Å². The van der Waals surface area contributed by atoms with Gasteiger partial charge in [0.1, 0.15) is 17.2 Å². The largest absolute Gasteiger partial charge is 0.497 e. The zero-order valence-electron chi connectivity index (χ0n) is 20.9. The van der Waals surface area contributed by atoms with Crippen LogP contribution < -0.4 is 28.6 Å². The molecule has 1 fully saturated rings. The van der Waals surface area contributed by atoms with Crippen molar-refractivity contribution in [3.63, 3.8) is 0 Å². The summed E-state index contributed by atoms with van der Waals surface area (Å²) in [6.07, 6.45) is 1.05. The van der Waals surface area contributed by atoms with Gasteiger partial charge in [-0.25, -0.2) is 16.8 Å². The van der Waals surface area contributed by atoms with Gasteiger partial charge in [-0.15, -0.1) is 0 Å². The molecule has 3 aromatic carbocycles. The van der Waals surface area contributed by atoms with Crippen LogP contribution in [0.3, 0.4) is 0 Å². The Morgan fingerprint density at radius 3 is 1.97 bits per heavy atom. The van der Waals surface area contributed by atoms with Crippen LogP contribution in [0.4, 0.5) is 17.1 Å². The summed E-state index contributed by atoms with van der Waals surface area (Å²) in [5, 5.41) is 0. The molecule has 0 atom stereocenters. The van der Waals surface area contributed by atoms with Crippen molar-refractivity contribution in [3.05, 3.63) is 60.7 Å². The van der Waals surface area contributed by atoms with E-state index in [1.54, 1.807) is 12.1 Å². The summed E-state index contributed by atoms with van der Waals surface area (Å²) in [6.45, 7) is 0.470. The third-order valence-corrected chi connectivity index (χ3v) is 8.65. The van der Waals surface area contributed by atoms with E-state index in [-0.39, 0.29) is 27.1 Å². The molecule has 1 amide bonds. The predicted octanol–water partition coefficient (Wildman–Crippen LogP) is 3.44. The second-order valence-corrected chi connectivity index (χ2v) is 11.6. The van der Waals surface area contributed by atoms with E-state index in [0.29, 0.717) is 42.3 Å². The van der Waals surface area contributed by atoms with Crippen molar-refractivity contribution in [2.24, 2.45) is 0 Å². The Bertz CT molecular complexity index is 1560. The van der Waals surface area contributed by atoms with Gasteiger partial charge < -0.3 is 19.1 Å². The molecular weight excluding hydrogens is 534 g/mol. The molecule has 4 rings (SSSR count). The maximum absolute atomic E-state index is 13.1. The molecule has 0 radical (unpaired) electrons. The Morgan fingerprint density at radius 1 is 0.737 bits per heavy atom. The van der Waals surface area contributed by atoms with Gasteiger partial charge in [0.25, 0.3) is 20.0 Å². The molecule has 11 nitrogen and oxygen atoms in total. The monoisotopic (exact) mass is 561 g/mol. The second-order valence-electron chi connectivity index (χ2n) is 8.28. The zero-order chi connectivity index (χ0) is 27.5. The molecule has 1 aliphatic rings. The molecule has 2 N–H and O–H groups in total. The number of anilines is 3. The highest BCUT2D eigenvalue weighted by atomic mass is 32.2. The second kappa shape index (κ2) is 10.8. The number of carbonyl (C=O) groups excluding carboxylic acids is 1. The van der Waals surface area contributed by atoms with Gasteiger partial charge in [0.2, 0.25) is 5.91 Å². The number of nitrogens with one attached hydrogen (secondary N) is 2. The fourth-order valence-electron chi connectivity index (χ4n) is 3.96. The minimum Gasteiger partial charge on any atom is -0.497 e. The highest BCUT2D eigenvalue weighted by molar-refractivity contribution is 7.93. The van der Waals surface area contributed by atoms with Crippen LogP contribution in [-0.2, 0) is 24.8 Å². The third-order valence-electron chi connectivity index (χ3n) is 5.89. The summed E-state index contributed by atoms with van der Waals surface area (Å²) < 4.78 is 72.7. The zero-order valence-corrected chi connectivity index (χ0v) is 22.6. The number of sulfonamides is 2. The van der Waals surface area contributed by atoms with Crippen molar-refractivity contribution in [1.82, 2.24) is 0 Å². The minimum atomic E-state index is -4.06. The molecule has 0 saturated carbocycles. The molecule has 13 heteroatoms. The third kappa shape index (κ3) is 5.63. The molecule has 1 aliphatic heterocycles. The fraction of sp³-hybridized carbons (Fsp3) is 0.240. The minimum absolute atomic E-state index is 0.0727. The SMILES string of the molecule is COc1ccc(OC)c(NS(=O)(=O)c2ccc(NS(=O)(=O)c3ccc(OC)c(N4CCCC4=O)c3)cc2)c1. The highest BCUT2D eigenvalue weighted by Gasteiger charge is 2.27. The Hall–Kier alpha value is -3.97. The van der Waals surface area contributed by atoms with Crippen LogP contribution in [0.5, 0.6) is 17.2 Å². The van der Waals surface area contributed by atoms with Crippen molar-refractivity contribution in [3.8, 4) is 17.2 Å². The van der Waals surface area contributed by atoms with Crippen LogP contribution >= 0.6 is 0 Å². The lowest BCUT2D eigenvalue weighted by atomic mass is 10.2. The summed E-state index contributed by atoms with van der Waals surface area (Å²) in [7, 11) is -3.77. The summed E-state index contributed by atoms with van der Waals surface area (Å²) in [4.78, 5) is 13.6. The topological polar surface area (TPSA) is 140 Å². The van der Waals surface area contributed by atoms with E-state index >= 15 is 0 Å². The normalized spacial score (nSPS) is 13.8. The van der Waals surface area contributed by atoms with Gasteiger partial charge in [0.15, 0.2) is 0 Å².